The highest BCUT2D eigenvalue weighted by molar-refractivity contribution is 8.00. The molecule has 0 aliphatic carbocycles. The summed E-state index contributed by atoms with van der Waals surface area (Å²) in [6.07, 6.45) is 0. The molecule has 0 spiro atoms. The van der Waals surface area contributed by atoms with E-state index in [1.54, 1.807) is 12.1 Å². The van der Waals surface area contributed by atoms with Gasteiger partial charge in [0.15, 0.2) is 0 Å². The van der Waals surface area contributed by atoms with E-state index in [-0.39, 0.29) is 10.8 Å². The minimum Gasteiger partial charge on any atom is -0.325 e. The van der Waals surface area contributed by atoms with Crippen LogP contribution >= 0.6 is 11.8 Å². The second-order valence-electron chi connectivity index (χ2n) is 6.22. The quantitative estimate of drug-likeness (QED) is 0.671. The van der Waals surface area contributed by atoms with E-state index in [1.165, 1.54) is 28.2 Å². The van der Waals surface area contributed by atoms with Crippen LogP contribution in [0.2, 0.25) is 0 Å². The molecular formula is C20H26N2O3S2. The third kappa shape index (κ3) is 5.57. The van der Waals surface area contributed by atoms with Crippen LogP contribution in [0, 0.1) is 13.8 Å². The lowest BCUT2D eigenvalue weighted by molar-refractivity contribution is -0.113. The molecule has 1 amide bonds. The van der Waals surface area contributed by atoms with Crippen molar-refractivity contribution >= 4 is 33.4 Å². The molecule has 0 aliphatic heterocycles. The van der Waals surface area contributed by atoms with E-state index in [2.05, 4.69) is 11.4 Å². The second-order valence-corrected chi connectivity index (χ2v) is 9.17. The smallest absolute Gasteiger partial charge is 0.243 e. The summed E-state index contributed by atoms with van der Waals surface area (Å²) in [6.45, 7) is 8.51. The van der Waals surface area contributed by atoms with E-state index in [4.69, 9.17) is 0 Å². The van der Waals surface area contributed by atoms with Crippen molar-refractivity contribution in [1.82, 2.24) is 4.31 Å². The molecule has 0 saturated carbocycles. The van der Waals surface area contributed by atoms with Gasteiger partial charge in [-0.3, -0.25) is 4.79 Å². The molecule has 7 heteroatoms. The third-order valence-electron chi connectivity index (χ3n) is 4.18. The Morgan fingerprint density at radius 1 is 1.04 bits per heavy atom. The third-order valence-corrected chi connectivity index (χ3v) is 7.41. The monoisotopic (exact) mass is 406 g/mol. The van der Waals surface area contributed by atoms with Gasteiger partial charge in [0.05, 0.1) is 10.6 Å². The van der Waals surface area contributed by atoms with Gasteiger partial charge in [0, 0.05) is 23.7 Å². The number of hydrogen-bond acceptors (Lipinski definition) is 4. The highest BCUT2D eigenvalue weighted by Crippen LogP contribution is 2.24. The fourth-order valence-electron chi connectivity index (χ4n) is 2.63. The van der Waals surface area contributed by atoms with Gasteiger partial charge in [0.25, 0.3) is 0 Å². The van der Waals surface area contributed by atoms with Crippen LogP contribution in [-0.2, 0) is 14.8 Å². The van der Waals surface area contributed by atoms with Crippen LogP contribution in [0.1, 0.15) is 25.0 Å². The van der Waals surface area contributed by atoms with E-state index in [9.17, 15) is 13.2 Å². The molecule has 27 heavy (non-hydrogen) atoms. The lowest BCUT2D eigenvalue weighted by Gasteiger charge is -2.18. The lowest BCUT2D eigenvalue weighted by atomic mass is 10.2. The highest BCUT2D eigenvalue weighted by atomic mass is 32.2. The van der Waals surface area contributed by atoms with Crippen molar-refractivity contribution in [2.75, 3.05) is 24.2 Å². The molecule has 2 aromatic carbocycles. The van der Waals surface area contributed by atoms with Gasteiger partial charge in [-0.15, -0.1) is 11.8 Å². The Morgan fingerprint density at radius 2 is 1.67 bits per heavy atom. The summed E-state index contributed by atoms with van der Waals surface area (Å²) in [5, 5.41) is 2.81. The molecule has 0 fully saturated rings. The summed E-state index contributed by atoms with van der Waals surface area (Å²) in [5.74, 6) is 0.171. The maximum absolute atomic E-state index is 12.5. The van der Waals surface area contributed by atoms with E-state index in [0.29, 0.717) is 24.5 Å². The number of benzene rings is 2. The van der Waals surface area contributed by atoms with Gasteiger partial charge >= 0.3 is 0 Å². The fourth-order valence-corrected chi connectivity index (χ4v) is 5.01. The lowest BCUT2D eigenvalue weighted by Crippen LogP contribution is -2.30. The Hall–Kier alpha value is -1.83. The van der Waals surface area contributed by atoms with Crippen molar-refractivity contribution in [3.63, 3.8) is 0 Å². The van der Waals surface area contributed by atoms with Crippen molar-refractivity contribution in [3.05, 3.63) is 53.6 Å². The van der Waals surface area contributed by atoms with Crippen molar-refractivity contribution in [1.29, 1.82) is 0 Å². The van der Waals surface area contributed by atoms with Crippen molar-refractivity contribution in [3.8, 4) is 0 Å². The summed E-state index contributed by atoms with van der Waals surface area (Å²) in [5.41, 5.74) is 2.89. The molecule has 0 aromatic heterocycles. The largest absolute Gasteiger partial charge is 0.325 e. The van der Waals surface area contributed by atoms with Crippen molar-refractivity contribution in [2.24, 2.45) is 0 Å². The Kier molecular flexibility index (Phi) is 7.47. The number of aryl methyl sites for hydroxylation is 2. The Morgan fingerprint density at radius 3 is 2.26 bits per heavy atom. The number of nitrogens with zero attached hydrogens (tertiary/aromatic N) is 1. The van der Waals surface area contributed by atoms with Crippen molar-refractivity contribution < 1.29 is 13.2 Å². The number of rotatable bonds is 8. The van der Waals surface area contributed by atoms with E-state index in [0.717, 1.165) is 16.0 Å². The first-order chi connectivity index (χ1) is 12.8. The summed E-state index contributed by atoms with van der Waals surface area (Å²) >= 11 is 1.49. The van der Waals surface area contributed by atoms with Crippen LogP contribution < -0.4 is 5.32 Å². The van der Waals surface area contributed by atoms with Gasteiger partial charge in [0.1, 0.15) is 0 Å². The molecule has 0 heterocycles. The Balaban J connectivity index is 2.00. The summed E-state index contributed by atoms with van der Waals surface area (Å²) in [6, 6.07) is 12.5. The molecule has 2 rings (SSSR count). The minimum absolute atomic E-state index is 0.125. The van der Waals surface area contributed by atoms with Crippen molar-refractivity contribution in [2.45, 2.75) is 37.5 Å². The minimum atomic E-state index is -3.49. The van der Waals surface area contributed by atoms with Gasteiger partial charge in [0.2, 0.25) is 15.9 Å². The van der Waals surface area contributed by atoms with E-state index >= 15 is 0 Å². The zero-order valence-corrected chi connectivity index (χ0v) is 17.8. The maximum atomic E-state index is 12.5. The molecule has 0 bridgehead atoms. The number of thioether (sulfide) groups is 1. The number of carbonyl (C=O) groups excluding carboxylic acids is 1. The molecule has 1 N–H and O–H groups in total. The molecule has 0 unspecified atom stereocenters. The van der Waals surface area contributed by atoms with Gasteiger partial charge < -0.3 is 5.32 Å². The number of hydrogen-bond donors (Lipinski definition) is 1. The van der Waals surface area contributed by atoms with Crippen LogP contribution in [-0.4, -0.2) is 37.5 Å². The first-order valence-electron chi connectivity index (χ1n) is 8.88. The molecule has 5 nitrogen and oxygen atoms in total. The van der Waals surface area contributed by atoms with E-state index in [1.807, 2.05) is 39.8 Å². The summed E-state index contributed by atoms with van der Waals surface area (Å²) < 4.78 is 26.4. The number of amides is 1. The van der Waals surface area contributed by atoms with Gasteiger partial charge in [-0.25, -0.2) is 8.42 Å². The van der Waals surface area contributed by atoms with Gasteiger partial charge in [-0.2, -0.15) is 4.31 Å². The van der Waals surface area contributed by atoms with Gasteiger partial charge in [-0.1, -0.05) is 31.5 Å². The molecular weight excluding hydrogens is 380 g/mol. The first-order valence-corrected chi connectivity index (χ1v) is 11.3. The topological polar surface area (TPSA) is 66.5 Å². The number of carbonyl (C=O) groups is 1. The molecule has 2 aromatic rings. The van der Waals surface area contributed by atoms with Crippen LogP contribution in [0.5, 0.6) is 0 Å². The fraction of sp³-hybridized carbons (Fsp3) is 0.350. The average molecular weight is 407 g/mol. The molecule has 0 saturated heterocycles. The first kappa shape index (κ1) is 21.5. The predicted octanol–water partition coefficient (Wildman–Crippen LogP) is 4.06. The highest BCUT2D eigenvalue weighted by Gasteiger charge is 2.21. The number of sulfonamides is 1. The van der Waals surface area contributed by atoms with Crippen LogP contribution in [0.15, 0.2) is 52.3 Å². The molecule has 0 atom stereocenters. The Bertz CT molecular complexity index is 890. The molecule has 146 valence electrons. The number of anilines is 1. The van der Waals surface area contributed by atoms with Crippen LogP contribution in [0.3, 0.4) is 0 Å². The zero-order chi connectivity index (χ0) is 20.0. The number of nitrogens with one attached hydrogen (secondary N) is 1. The molecule has 0 radical (unpaired) electrons. The Labute approximate surface area is 166 Å². The standard InChI is InChI=1S/C20H26N2O3S2/c1-5-22(6-2)27(24,25)18-11-9-17(10-12-18)21-20(23)14-26-19-13-15(3)7-8-16(19)4/h7-13H,5-6,14H2,1-4H3,(H,21,23). The molecule has 0 aliphatic rings. The maximum Gasteiger partial charge on any atom is 0.243 e. The van der Waals surface area contributed by atoms with Gasteiger partial charge in [-0.05, 0) is 49.7 Å². The van der Waals surface area contributed by atoms with E-state index < -0.39 is 10.0 Å². The van der Waals surface area contributed by atoms with Crippen LogP contribution in [0.4, 0.5) is 5.69 Å². The zero-order valence-electron chi connectivity index (χ0n) is 16.2. The van der Waals surface area contributed by atoms with Crippen LogP contribution in [0.25, 0.3) is 0 Å². The summed E-state index contributed by atoms with van der Waals surface area (Å²) in [4.78, 5) is 13.5. The predicted molar refractivity (Wildman–Crippen MR) is 112 cm³/mol. The summed E-state index contributed by atoms with van der Waals surface area (Å²) in [7, 11) is -3.49. The average Bonchev–Trinajstić information content (AvgIpc) is 2.63. The second kappa shape index (κ2) is 9.39. The SMILES string of the molecule is CCN(CC)S(=O)(=O)c1ccc(NC(=O)CSc2cc(C)ccc2C)cc1. The normalized spacial score (nSPS) is 11.6.